The van der Waals surface area contributed by atoms with Crippen molar-refractivity contribution in [1.29, 1.82) is 0 Å². The number of anilines is 1. The number of nitrogens with one attached hydrogen (secondary N) is 1. The maximum Gasteiger partial charge on any atom is 0.227 e. The quantitative estimate of drug-likeness (QED) is 0.791. The number of allylic oxidation sites excluding steroid dienone is 2. The first-order valence-electron chi connectivity index (χ1n) is 5.89. The predicted molar refractivity (Wildman–Crippen MR) is 71.3 cm³/mol. The van der Waals surface area contributed by atoms with E-state index in [0.717, 1.165) is 24.8 Å². The van der Waals surface area contributed by atoms with Crippen molar-refractivity contribution in [1.82, 2.24) is 0 Å². The molecule has 1 aliphatic rings. The fourth-order valence-corrected chi connectivity index (χ4v) is 2.27. The molecule has 17 heavy (non-hydrogen) atoms. The largest absolute Gasteiger partial charge is 0.325 e. The van der Waals surface area contributed by atoms with Crippen LogP contribution in [0.3, 0.4) is 0 Å². The molecule has 2 rings (SSSR count). The number of benzene rings is 1. The molecule has 1 atom stereocenters. The smallest absolute Gasteiger partial charge is 0.227 e. The molecule has 0 saturated heterocycles. The molecule has 90 valence electrons. The second-order valence-electron chi connectivity index (χ2n) is 4.45. The summed E-state index contributed by atoms with van der Waals surface area (Å²) in [5.41, 5.74) is 1.80. The molecule has 1 aromatic carbocycles. The van der Waals surface area contributed by atoms with Gasteiger partial charge in [-0.15, -0.1) is 0 Å². The summed E-state index contributed by atoms with van der Waals surface area (Å²) in [7, 11) is 0. The molecule has 1 N–H and O–H groups in total. The Bertz CT molecular complexity index is 454. The van der Waals surface area contributed by atoms with Crippen LogP contribution in [0.1, 0.15) is 24.8 Å². The van der Waals surface area contributed by atoms with E-state index < -0.39 is 0 Å². The number of carbonyl (C=O) groups is 1. The average molecular weight is 250 g/mol. The van der Waals surface area contributed by atoms with E-state index in [-0.39, 0.29) is 11.8 Å². The van der Waals surface area contributed by atoms with Gasteiger partial charge < -0.3 is 5.32 Å². The lowest BCUT2D eigenvalue weighted by molar-refractivity contribution is -0.120. The zero-order chi connectivity index (χ0) is 12.3. The number of aryl methyl sites for hydroxylation is 1. The highest BCUT2D eigenvalue weighted by Gasteiger charge is 2.19. The normalized spacial score (nSPS) is 19.1. The Balaban J connectivity index is 2.05. The van der Waals surface area contributed by atoms with E-state index in [1.807, 2.05) is 25.1 Å². The molecular weight excluding hydrogens is 234 g/mol. The maximum absolute atomic E-state index is 12.0. The highest BCUT2D eigenvalue weighted by Crippen LogP contribution is 2.25. The summed E-state index contributed by atoms with van der Waals surface area (Å²) in [5.74, 6) is 0.150. The third-order valence-corrected chi connectivity index (χ3v) is 3.34. The number of amides is 1. The maximum atomic E-state index is 12.0. The van der Waals surface area contributed by atoms with Crippen molar-refractivity contribution in [2.24, 2.45) is 5.92 Å². The molecule has 0 aromatic heterocycles. The molecular formula is C14H16ClNO. The summed E-state index contributed by atoms with van der Waals surface area (Å²) in [6.45, 7) is 1.98. The molecule has 0 heterocycles. The van der Waals surface area contributed by atoms with Crippen LogP contribution >= 0.6 is 11.6 Å². The Kier molecular flexibility index (Phi) is 3.85. The first kappa shape index (κ1) is 12.2. The van der Waals surface area contributed by atoms with Gasteiger partial charge in [0, 0.05) is 5.92 Å². The molecule has 0 fully saturated rings. The molecule has 0 radical (unpaired) electrons. The lowest BCUT2D eigenvalue weighted by Gasteiger charge is -2.17. The second kappa shape index (κ2) is 5.37. The van der Waals surface area contributed by atoms with Gasteiger partial charge in [0.1, 0.15) is 0 Å². The van der Waals surface area contributed by atoms with E-state index in [1.54, 1.807) is 0 Å². The minimum atomic E-state index is 0.0695. The fraction of sp³-hybridized carbons (Fsp3) is 0.357. The fourth-order valence-electron chi connectivity index (χ4n) is 1.99. The molecule has 0 saturated carbocycles. The van der Waals surface area contributed by atoms with Crippen LogP contribution in [0, 0.1) is 12.8 Å². The van der Waals surface area contributed by atoms with Crippen LogP contribution in [-0.2, 0) is 4.79 Å². The standard InChI is InChI=1S/C14H16ClNO/c1-10-7-8-13(12(15)9-10)16-14(17)11-5-3-2-4-6-11/h2-3,7-9,11H,4-6H2,1H3,(H,16,17)/t11-/m1/s1. The topological polar surface area (TPSA) is 29.1 Å². The Morgan fingerprint density at radius 2 is 2.24 bits per heavy atom. The van der Waals surface area contributed by atoms with Gasteiger partial charge in [0.05, 0.1) is 10.7 Å². The summed E-state index contributed by atoms with van der Waals surface area (Å²) in [6, 6.07) is 5.66. The Morgan fingerprint density at radius 3 is 2.88 bits per heavy atom. The summed E-state index contributed by atoms with van der Waals surface area (Å²) >= 11 is 6.08. The van der Waals surface area contributed by atoms with Gasteiger partial charge >= 0.3 is 0 Å². The van der Waals surface area contributed by atoms with E-state index in [4.69, 9.17) is 11.6 Å². The van der Waals surface area contributed by atoms with E-state index in [0.29, 0.717) is 10.7 Å². The Labute approximate surface area is 107 Å². The van der Waals surface area contributed by atoms with Crippen molar-refractivity contribution in [3.63, 3.8) is 0 Å². The van der Waals surface area contributed by atoms with E-state index in [1.165, 1.54) is 0 Å². The molecule has 0 spiro atoms. The predicted octanol–water partition coefficient (Wildman–Crippen LogP) is 3.94. The lowest BCUT2D eigenvalue weighted by Crippen LogP contribution is -2.23. The van der Waals surface area contributed by atoms with Crippen molar-refractivity contribution < 1.29 is 4.79 Å². The van der Waals surface area contributed by atoms with Crippen LogP contribution in [0.2, 0.25) is 5.02 Å². The van der Waals surface area contributed by atoms with Crippen LogP contribution in [0.5, 0.6) is 0 Å². The van der Waals surface area contributed by atoms with Crippen LogP contribution in [-0.4, -0.2) is 5.91 Å². The molecule has 3 heteroatoms. The van der Waals surface area contributed by atoms with E-state index in [2.05, 4.69) is 17.5 Å². The molecule has 0 unspecified atom stereocenters. The van der Waals surface area contributed by atoms with Crippen molar-refractivity contribution in [3.05, 3.63) is 40.9 Å². The number of hydrogen-bond acceptors (Lipinski definition) is 1. The molecule has 1 aromatic rings. The SMILES string of the molecule is Cc1ccc(NC(=O)[C@@H]2CC=CCC2)c(Cl)c1. The van der Waals surface area contributed by atoms with Crippen LogP contribution in [0.15, 0.2) is 30.4 Å². The first-order valence-corrected chi connectivity index (χ1v) is 6.26. The Hall–Kier alpha value is -1.28. The lowest BCUT2D eigenvalue weighted by atomic mass is 9.93. The highest BCUT2D eigenvalue weighted by atomic mass is 35.5. The van der Waals surface area contributed by atoms with Gasteiger partial charge in [-0.05, 0) is 43.9 Å². The molecule has 1 amide bonds. The van der Waals surface area contributed by atoms with E-state index in [9.17, 15) is 4.79 Å². The monoisotopic (exact) mass is 249 g/mol. The van der Waals surface area contributed by atoms with Gasteiger partial charge in [-0.3, -0.25) is 4.79 Å². The first-order chi connectivity index (χ1) is 8.16. The van der Waals surface area contributed by atoms with Gasteiger partial charge in [0.15, 0.2) is 0 Å². The summed E-state index contributed by atoms with van der Waals surface area (Å²) < 4.78 is 0. The van der Waals surface area contributed by atoms with Gasteiger partial charge in [-0.1, -0.05) is 29.8 Å². The van der Waals surface area contributed by atoms with Crippen molar-refractivity contribution in [3.8, 4) is 0 Å². The molecule has 0 bridgehead atoms. The minimum Gasteiger partial charge on any atom is -0.325 e. The zero-order valence-electron chi connectivity index (χ0n) is 9.87. The number of hydrogen-bond donors (Lipinski definition) is 1. The van der Waals surface area contributed by atoms with Gasteiger partial charge in [0.25, 0.3) is 0 Å². The summed E-state index contributed by atoms with van der Waals surface area (Å²) in [4.78, 5) is 12.0. The number of halogens is 1. The van der Waals surface area contributed by atoms with Crippen molar-refractivity contribution in [2.45, 2.75) is 26.2 Å². The van der Waals surface area contributed by atoms with Gasteiger partial charge in [-0.2, -0.15) is 0 Å². The van der Waals surface area contributed by atoms with E-state index >= 15 is 0 Å². The second-order valence-corrected chi connectivity index (χ2v) is 4.86. The van der Waals surface area contributed by atoms with Crippen molar-refractivity contribution >= 4 is 23.2 Å². The van der Waals surface area contributed by atoms with Crippen LogP contribution < -0.4 is 5.32 Å². The number of rotatable bonds is 2. The summed E-state index contributed by atoms with van der Waals surface area (Å²) in [6.07, 6.45) is 6.94. The average Bonchev–Trinajstić information content (AvgIpc) is 2.34. The zero-order valence-corrected chi connectivity index (χ0v) is 10.6. The van der Waals surface area contributed by atoms with Gasteiger partial charge in [0.2, 0.25) is 5.91 Å². The minimum absolute atomic E-state index is 0.0695. The molecule has 0 aliphatic heterocycles. The van der Waals surface area contributed by atoms with Crippen LogP contribution in [0.4, 0.5) is 5.69 Å². The number of carbonyl (C=O) groups excluding carboxylic acids is 1. The summed E-state index contributed by atoms with van der Waals surface area (Å²) in [5, 5.41) is 3.50. The Morgan fingerprint density at radius 1 is 1.41 bits per heavy atom. The van der Waals surface area contributed by atoms with Gasteiger partial charge in [-0.25, -0.2) is 0 Å². The molecule has 1 aliphatic carbocycles. The third-order valence-electron chi connectivity index (χ3n) is 3.02. The van der Waals surface area contributed by atoms with Crippen LogP contribution in [0.25, 0.3) is 0 Å². The molecule has 2 nitrogen and oxygen atoms in total. The highest BCUT2D eigenvalue weighted by molar-refractivity contribution is 6.33. The third kappa shape index (κ3) is 3.10. The van der Waals surface area contributed by atoms with Crippen molar-refractivity contribution in [2.75, 3.05) is 5.32 Å².